The SMILES string of the molecule is C=C(CC)CC#CC(=O)Oc1ccc(C(C)(C)c2ccc(OC(=O)C#CC)cc2)cc1. The summed E-state index contributed by atoms with van der Waals surface area (Å²) in [7, 11) is 0. The van der Waals surface area contributed by atoms with Gasteiger partial charge in [0, 0.05) is 23.7 Å². The van der Waals surface area contributed by atoms with E-state index in [1.165, 1.54) is 0 Å². The van der Waals surface area contributed by atoms with Crippen LogP contribution in [0, 0.1) is 23.7 Å². The Morgan fingerprint density at radius 1 is 0.871 bits per heavy atom. The second kappa shape index (κ2) is 10.9. The maximum absolute atomic E-state index is 11.9. The lowest BCUT2D eigenvalue weighted by molar-refractivity contribution is -0.128. The molecule has 0 N–H and O–H groups in total. The van der Waals surface area contributed by atoms with E-state index in [-0.39, 0.29) is 5.41 Å². The Bertz CT molecular complexity index is 1070. The fourth-order valence-electron chi connectivity index (χ4n) is 2.78. The number of rotatable bonds is 6. The van der Waals surface area contributed by atoms with Crippen LogP contribution < -0.4 is 9.47 Å². The molecule has 0 aliphatic rings. The standard InChI is InChI=1S/C27H26O4/c1-6-9-25(28)30-23-16-12-21(13-17-23)27(4,5)22-14-18-24(19-15-22)31-26(29)11-8-10-20(3)7-2/h12-19H,3,7,10H2,1-2,4-5H3. The van der Waals surface area contributed by atoms with Gasteiger partial charge in [-0.1, -0.05) is 69.0 Å². The number of esters is 2. The first kappa shape index (κ1) is 23.5. The molecule has 0 aliphatic carbocycles. The number of benzene rings is 2. The summed E-state index contributed by atoms with van der Waals surface area (Å²) in [6.07, 6.45) is 1.32. The van der Waals surface area contributed by atoms with Crippen molar-refractivity contribution in [3.05, 3.63) is 71.8 Å². The highest BCUT2D eigenvalue weighted by Gasteiger charge is 2.23. The molecule has 4 nitrogen and oxygen atoms in total. The molecule has 2 aromatic carbocycles. The third-order valence-electron chi connectivity index (χ3n) is 4.83. The van der Waals surface area contributed by atoms with Gasteiger partial charge in [-0.3, -0.25) is 0 Å². The molecule has 0 radical (unpaired) electrons. The average molecular weight is 415 g/mol. The fourth-order valence-corrected chi connectivity index (χ4v) is 2.78. The van der Waals surface area contributed by atoms with Gasteiger partial charge >= 0.3 is 11.9 Å². The lowest BCUT2D eigenvalue weighted by atomic mass is 9.78. The molecular formula is C27H26O4. The van der Waals surface area contributed by atoms with Crippen molar-refractivity contribution in [1.29, 1.82) is 0 Å². The summed E-state index contributed by atoms with van der Waals surface area (Å²) in [6, 6.07) is 14.6. The van der Waals surface area contributed by atoms with Gasteiger partial charge in [0.1, 0.15) is 11.5 Å². The third kappa shape index (κ3) is 6.91. The second-order valence-electron chi connectivity index (χ2n) is 7.41. The van der Waals surface area contributed by atoms with E-state index in [2.05, 4.69) is 44.1 Å². The van der Waals surface area contributed by atoms with Gasteiger partial charge in [-0.15, -0.1) is 0 Å². The first-order chi connectivity index (χ1) is 14.8. The maximum Gasteiger partial charge on any atom is 0.389 e. The molecule has 0 spiro atoms. The molecule has 0 saturated heterocycles. The number of allylic oxidation sites excluding steroid dienone is 1. The zero-order chi connectivity index (χ0) is 22.9. The molecule has 31 heavy (non-hydrogen) atoms. The van der Waals surface area contributed by atoms with Crippen LogP contribution in [0.25, 0.3) is 0 Å². The molecule has 0 aromatic heterocycles. The molecule has 0 aliphatic heterocycles. The molecule has 158 valence electrons. The highest BCUT2D eigenvalue weighted by atomic mass is 16.5. The van der Waals surface area contributed by atoms with Crippen LogP contribution in [0.15, 0.2) is 60.7 Å². The maximum atomic E-state index is 11.9. The first-order valence-corrected chi connectivity index (χ1v) is 9.99. The highest BCUT2D eigenvalue weighted by molar-refractivity contribution is 5.90. The van der Waals surface area contributed by atoms with Gasteiger partial charge in [0.25, 0.3) is 0 Å². The molecule has 0 atom stereocenters. The van der Waals surface area contributed by atoms with E-state index >= 15 is 0 Å². The summed E-state index contributed by atoms with van der Waals surface area (Å²) in [6.45, 7) is 11.6. The lowest BCUT2D eigenvalue weighted by Gasteiger charge is -2.26. The molecule has 4 heteroatoms. The van der Waals surface area contributed by atoms with E-state index in [4.69, 9.17) is 9.47 Å². The average Bonchev–Trinajstić information content (AvgIpc) is 2.74. The van der Waals surface area contributed by atoms with Crippen molar-refractivity contribution in [3.8, 4) is 35.2 Å². The third-order valence-corrected chi connectivity index (χ3v) is 4.83. The quantitative estimate of drug-likeness (QED) is 0.214. The van der Waals surface area contributed by atoms with E-state index in [1.54, 1.807) is 31.2 Å². The van der Waals surface area contributed by atoms with Gasteiger partial charge in [-0.2, -0.15) is 0 Å². The number of carbonyl (C=O) groups is 2. The smallest absolute Gasteiger partial charge is 0.389 e. The van der Waals surface area contributed by atoms with Crippen LogP contribution in [-0.4, -0.2) is 11.9 Å². The van der Waals surface area contributed by atoms with E-state index in [0.717, 1.165) is 23.1 Å². The fraction of sp³-hybridized carbons (Fsp3) is 0.259. The minimum atomic E-state index is -0.589. The molecule has 2 rings (SSSR count). The van der Waals surface area contributed by atoms with Crippen LogP contribution in [0.1, 0.15) is 51.7 Å². The second-order valence-corrected chi connectivity index (χ2v) is 7.41. The summed E-state index contributed by atoms with van der Waals surface area (Å²) in [4.78, 5) is 23.3. The van der Waals surface area contributed by atoms with E-state index in [1.807, 2.05) is 31.2 Å². The van der Waals surface area contributed by atoms with Gasteiger partial charge < -0.3 is 9.47 Å². The number of hydrogen-bond acceptors (Lipinski definition) is 4. The van der Waals surface area contributed by atoms with Crippen molar-refractivity contribution in [3.63, 3.8) is 0 Å². The summed E-state index contributed by atoms with van der Waals surface area (Å²) < 4.78 is 10.4. The molecule has 0 saturated carbocycles. The van der Waals surface area contributed by atoms with Crippen molar-refractivity contribution >= 4 is 11.9 Å². The van der Waals surface area contributed by atoms with Crippen molar-refractivity contribution in [2.24, 2.45) is 0 Å². The van der Waals surface area contributed by atoms with Gasteiger partial charge in [-0.25, -0.2) is 9.59 Å². The van der Waals surface area contributed by atoms with Crippen LogP contribution in [0.2, 0.25) is 0 Å². The Labute approximate surface area is 184 Å². The van der Waals surface area contributed by atoms with Crippen LogP contribution in [0.4, 0.5) is 0 Å². The van der Waals surface area contributed by atoms with Crippen LogP contribution in [0.3, 0.4) is 0 Å². The Morgan fingerprint density at radius 2 is 1.32 bits per heavy atom. The molecule has 0 unspecified atom stereocenters. The van der Waals surface area contributed by atoms with Crippen molar-refractivity contribution < 1.29 is 19.1 Å². The minimum Gasteiger partial charge on any atom is -0.417 e. The number of ether oxygens (including phenoxy) is 2. The Hall–Kier alpha value is -3.76. The highest BCUT2D eigenvalue weighted by Crippen LogP contribution is 2.33. The van der Waals surface area contributed by atoms with Gasteiger partial charge in [0.05, 0.1) is 0 Å². The number of carbonyl (C=O) groups excluding carboxylic acids is 2. The zero-order valence-electron chi connectivity index (χ0n) is 18.4. The predicted octanol–water partition coefficient (Wildman–Crippen LogP) is 5.21. The van der Waals surface area contributed by atoms with Crippen molar-refractivity contribution in [2.45, 2.75) is 46.0 Å². The molecule has 2 aromatic rings. The van der Waals surface area contributed by atoms with Crippen molar-refractivity contribution in [1.82, 2.24) is 0 Å². The monoisotopic (exact) mass is 414 g/mol. The molecule has 0 amide bonds. The normalized spacial score (nSPS) is 10.1. The Kier molecular flexibility index (Phi) is 8.24. The summed E-state index contributed by atoms with van der Waals surface area (Å²) >= 11 is 0. The summed E-state index contributed by atoms with van der Waals surface area (Å²) in [5.74, 6) is 9.81. The lowest BCUT2D eigenvalue weighted by Crippen LogP contribution is -2.19. The molecule has 0 heterocycles. The summed E-state index contributed by atoms with van der Waals surface area (Å²) in [5.41, 5.74) is 2.75. The van der Waals surface area contributed by atoms with Crippen LogP contribution in [0.5, 0.6) is 11.5 Å². The van der Waals surface area contributed by atoms with E-state index in [9.17, 15) is 9.59 Å². The number of hydrogen-bond donors (Lipinski definition) is 0. The minimum absolute atomic E-state index is 0.311. The molecule has 0 fully saturated rings. The van der Waals surface area contributed by atoms with Crippen molar-refractivity contribution in [2.75, 3.05) is 0 Å². The van der Waals surface area contributed by atoms with Crippen LogP contribution in [-0.2, 0) is 15.0 Å². The summed E-state index contributed by atoms with van der Waals surface area (Å²) in [5, 5.41) is 0. The predicted molar refractivity (Wildman–Crippen MR) is 122 cm³/mol. The van der Waals surface area contributed by atoms with Gasteiger partial charge in [0.2, 0.25) is 0 Å². The largest absolute Gasteiger partial charge is 0.417 e. The van der Waals surface area contributed by atoms with Gasteiger partial charge in [-0.05, 0) is 48.7 Å². The Morgan fingerprint density at radius 3 is 1.74 bits per heavy atom. The van der Waals surface area contributed by atoms with Crippen LogP contribution >= 0.6 is 0 Å². The van der Waals surface area contributed by atoms with E-state index in [0.29, 0.717) is 17.9 Å². The zero-order valence-corrected chi connectivity index (χ0v) is 18.4. The first-order valence-electron chi connectivity index (χ1n) is 9.99. The topological polar surface area (TPSA) is 52.6 Å². The van der Waals surface area contributed by atoms with E-state index < -0.39 is 11.9 Å². The molecular weight excluding hydrogens is 388 g/mol. The molecule has 0 bridgehead atoms. The Balaban J connectivity index is 2.06. The van der Waals surface area contributed by atoms with Gasteiger partial charge in [0.15, 0.2) is 0 Å².